The van der Waals surface area contributed by atoms with E-state index in [2.05, 4.69) is 0 Å². The number of carbonyl (C=O) groups excluding carboxylic acids is 1. The monoisotopic (exact) mass is 520 g/mol. The Hall–Kier alpha value is -2.88. The molecule has 1 amide bonds. The molecule has 0 radical (unpaired) electrons. The summed E-state index contributed by atoms with van der Waals surface area (Å²) in [5.74, 6) is -1.73. The van der Waals surface area contributed by atoms with Crippen LogP contribution in [0.2, 0.25) is 5.02 Å². The van der Waals surface area contributed by atoms with Gasteiger partial charge in [-0.2, -0.15) is 0 Å². The molecule has 10 heteroatoms. The van der Waals surface area contributed by atoms with Crippen LogP contribution >= 0.6 is 11.6 Å². The summed E-state index contributed by atoms with van der Waals surface area (Å²) in [5, 5.41) is 11.0. The Kier molecular flexibility index (Phi) is 7.93. The molecule has 1 fully saturated rings. The molecule has 1 aromatic heterocycles. The molecule has 0 aliphatic carbocycles. The number of hydrogen-bond acceptors (Lipinski definition) is 5. The highest BCUT2D eigenvalue weighted by Crippen LogP contribution is 2.35. The number of sulfone groups is 1. The maximum Gasteiger partial charge on any atom is 0.325 e. The van der Waals surface area contributed by atoms with E-state index >= 15 is 0 Å². The summed E-state index contributed by atoms with van der Waals surface area (Å²) in [6.45, 7) is 4.24. The first-order valence-electron chi connectivity index (χ1n) is 11.1. The molecule has 2 aromatic carbocycles. The number of carboxylic acids is 1. The van der Waals surface area contributed by atoms with Crippen molar-refractivity contribution in [2.45, 2.75) is 42.8 Å². The smallest absolute Gasteiger partial charge is 0.325 e. The molecule has 188 valence electrons. The van der Waals surface area contributed by atoms with Crippen LogP contribution in [0.1, 0.15) is 41.4 Å². The molecule has 1 aliphatic heterocycles. The second-order valence-corrected chi connectivity index (χ2v) is 11.2. The first-order chi connectivity index (χ1) is 16.4. The first-order valence-corrected chi connectivity index (χ1v) is 13.0. The molecule has 0 spiro atoms. The fourth-order valence-corrected chi connectivity index (χ4v) is 6.39. The fourth-order valence-electron chi connectivity index (χ4n) is 4.18. The molecule has 8 nitrogen and oxygen atoms in total. The Morgan fingerprint density at radius 2 is 1.74 bits per heavy atom. The van der Waals surface area contributed by atoms with E-state index in [-0.39, 0.29) is 31.0 Å². The Morgan fingerprint density at radius 3 is 2.26 bits per heavy atom. The normalized spacial score (nSPS) is 15.3. The molecule has 2 heterocycles. The topological polar surface area (TPSA) is 129 Å². The van der Waals surface area contributed by atoms with Crippen molar-refractivity contribution in [2.24, 2.45) is 12.8 Å². The zero-order valence-corrected chi connectivity index (χ0v) is 21.4. The summed E-state index contributed by atoms with van der Waals surface area (Å²) in [6, 6.07) is 12.0. The second kappa shape index (κ2) is 10.4. The second-order valence-electron chi connectivity index (χ2n) is 8.55. The standard InChI is InChI=1S/C14H18O5S.C11H11ClN2O/c1-2-11-3-5-12(6-4-11)20(17,18)14(13(15)16)7-9-19-10-8-14;1-6-3-8(12)7-5-10(11(13)15)14(2)9(7)4-6/h3-6H,2,7-10H2,1H3,(H,15,16);3-5H,1-2H3,(H2,13,15). The van der Waals surface area contributed by atoms with E-state index in [0.29, 0.717) is 10.7 Å². The molecule has 1 saturated heterocycles. The minimum absolute atomic E-state index is 0.0137. The van der Waals surface area contributed by atoms with Crippen molar-refractivity contribution in [1.29, 1.82) is 0 Å². The third-order valence-corrected chi connectivity index (χ3v) is 9.17. The number of carbonyl (C=O) groups is 2. The van der Waals surface area contributed by atoms with Gasteiger partial charge in [0.05, 0.1) is 15.4 Å². The van der Waals surface area contributed by atoms with E-state index in [4.69, 9.17) is 22.1 Å². The van der Waals surface area contributed by atoms with Gasteiger partial charge in [-0.3, -0.25) is 9.59 Å². The summed E-state index contributed by atoms with van der Waals surface area (Å²) < 4.78 is 30.5. The fraction of sp³-hybridized carbons (Fsp3) is 0.360. The zero-order valence-electron chi connectivity index (χ0n) is 19.9. The van der Waals surface area contributed by atoms with Crippen molar-refractivity contribution in [1.82, 2.24) is 4.57 Å². The highest BCUT2D eigenvalue weighted by atomic mass is 35.5. The Morgan fingerprint density at radius 1 is 1.14 bits per heavy atom. The molecule has 0 bridgehead atoms. The lowest BCUT2D eigenvalue weighted by Crippen LogP contribution is -2.50. The first kappa shape index (κ1) is 26.7. The largest absolute Gasteiger partial charge is 0.480 e. The van der Waals surface area contributed by atoms with E-state index in [1.54, 1.807) is 29.8 Å². The van der Waals surface area contributed by atoms with Gasteiger partial charge < -0.3 is 20.1 Å². The molecule has 1 aliphatic rings. The number of hydrogen-bond donors (Lipinski definition) is 2. The number of halogens is 1. The van der Waals surface area contributed by atoms with Crippen molar-refractivity contribution in [3.05, 3.63) is 64.3 Å². The van der Waals surface area contributed by atoms with Crippen LogP contribution in [0.3, 0.4) is 0 Å². The summed E-state index contributed by atoms with van der Waals surface area (Å²) >= 11 is 6.09. The van der Waals surface area contributed by atoms with Crippen LogP contribution in [0.25, 0.3) is 10.9 Å². The highest BCUT2D eigenvalue weighted by Gasteiger charge is 2.52. The summed E-state index contributed by atoms with van der Waals surface area (Å²) in [6.07, 6.45) is 0.776. The number of primary amides is 1. The number of amides is 1. The number of fused-ring (bicyclic) bond motifs is 1. The van der Waals surface area contributed by atoms with Crippen molar-refractivity contribution >= 4 is 44.2 Å². The average molecular weight is 521 g/mol. The minimum Gasteiger partial charge on any atom is -0.480 e. The van der Waals surface area contributed by atoms with Gasteiger partial charge in [-0.05, 0) is 54.8 Å². The molecule has 0 unspecified atom stereocenters. The third-order valence-electron chi connectivity index (χ3n) is 6.35. The van der Waals surface area contributed by atoms with E-state index in [9.17, 15) is 23.1 Å². The maximum atomic E-state index is 12.7. The quantitative estimate of drug-likeness (QED) is 0.525. The number of ether oxygens (including phenoxy) is 1. The molecule has 35 heavy (non-hydrogen) atoms. The number of benzene rings is 2. The van der Waals surface area contributed by atoms with Gasteiger partial charge in [0.2, 0.25) is 0 Å². The van der Waals surface area contributed by atoms with Crippen molar-refractivity contribution in [3.63, 3.8) is 0 Å². The lowest BCUT2D eigenvalue weighted by molar-refractivity contribution is -0.142. The highest BCUT2D eigenvalue weighted by molar-refractivity contribution is 7.93. The molecule has 0 saturated carbocycles. The van der Waals surface area contributed by atoms with Crippen LogP contribution in [-0.4, -0.2) is 47.9 Å². The molecular formula is C25H29ClN2O6S. The van der Waals surface area contributed by atoms with Crippen molar-refractivity contribution in [3.8, 4) is 0 Å². The molecule has 4 rings (SSSR count). The predicted octanol–water partition coefficient (Wildman–Crippen LogP) is 3.90. The number of rotatable bonds is 5. The Bertz CT molecular complexity index is 1360. The summed E-state index contributed by atoms with van der Waals surface area (Å²) in [5.41, 5.74) is 8.73. The van der Waals surface area contributed by atoms with Crippen LogP contribution < -0.4 is 5.73 Å². The minimum atomic E-state index is -3.93. The van der Waals surface area contributed by atoms with Gasteiger partial charge in [0.1, 0.15) is 5.69 Å². The number of nitrogens with zero attached hydrogens (tertiary/aromatic N) is 1. The average Bonchev–Trinajstić information content (AvgIpc) is 3.16. The van der Waals surface area contributed by atoms with Crippen LogP contribution in [0, 0.1) is 6.92 Å². The summed E-state index contributed by atoms with van der Waals surface area (Å²) in [4.78, 5) is 22.8. The van der Waals surface area contributed by atoms with Gasteiger partial charge >= 0.3 is 5.97 Å². The lowest BCUT2D eigenvalue weighted by atomic mass is 9.99. The molecular weight excluding hydrogens is 492 g/mol. The van der Waals surface area contributed by atoms with E-state index in [1.807, 2.05) is 26.0 Å². The predicted molar refractivity (Wildman–Crippen MR) is 135 cm³/mol. The van der Waals surface area contributed by atoms with Gasteiger partial charge in [0.15, 0.2) is 14.6 Å². The number of aliphatic carboxylic acids is 1. The van der Waals surface area contributed by atoms with E-state index < -0.39 is 26.5 Å². The Balaban J connectivity index is 0.000000203. The maximum absolute atomic E-state index is 12.7. The van der Waals surface area contributed by atoms with Crippen molar-refractivity contribution in [2.75, 3.05) is 13.2 Å². The molecule has 0 atom stereocenters. The van der Waals surface area contributed by atoms with E-state index in [1.165, 1.54) is 12.1 Å². The zero-order chi connectivity index (χ0) is 26.0. The van der Waals surface area contributed by atoms with Crippen LogP contribution in [-0.2, 0) is 32.8 Å². The van der Waals surface area contributed by atoms with Gasteiger partial charge in [0, 0.05) is 38.5 Å². The Labute approximate surface area is 209 Å². The molecule has 3 N–H and O–H groups in total. The van der Waals surface area contributed by atoms with Gasteiger partial charge in [-0.1, -0.05) is 30.7 Å². The van der Waals surface area contributed by atoms with Gasteiger partial charge in [-0.25, -0.2) is 8.42 Å². The van der Waals surface area contributed by atoms with Crippen LogP contribution in [0.5, 0.6) is 0 Å². The van der Waals surface area contributed by atoms with Crippen molar-refractivity contribution < 1.29 is 27.9 Å². The van der Waals surface area contributed by atoms with E-state index in [0.717, 1.165) is 28.5 Å². The number of aryl methyl sites for hydroxylation is 3. The number of nitrogens with two attached hydrogens (primary N) is 1. The third kappa shape index (κ3) is 5.07. The number of carboxylic acid groups (broad SMARTS) is 1. The SMILES string of the molecule is CCc1ccc(S(=O)(=O)C2(C(=O)O)CCOCC2)cc1.Cc1cc(Cl)c2cc(C(N)=O)n(C)c2c1. The van der Waals surface area contributed by atoms with Gasteiger partial charge in [-0.15, -0.1) is 0 Å². The van der Waals surface area contributed by atoms with Gasteiger partial charge in [0.25, 0.3) is 5.91 Å². The number of aromatic nitrogens is 1. The van der Waals surface area contributed by atoms with Crippen LogP contribution in [0.15, 0.2) is 47.4 Å². The lowest BCUT2D eigenvalue weighted by Gasteiger charge is -2.32. The summed E-state index contributed by atoms with van der Waals surface area (Å²) in [7, 11) is -2.12. The van der Waals surface area contributed by atoms with Crippen LogP contribution in [0.4, 0.5) is 0 Å². The molecule has 3 aromatic rings.